The van der Waals surface area contributed by atoms with E-state index in [2.05, 4.69) is 15.5 Å². The lowest BCUT2D eigenvalue weighted by molar-refractivity contribution is 0.102. The number of anilines is 1. The molecule has 0 fully saturated rings. The topological polar surface area (TPSA) is 57.8 Å². The van der Waals surface area contributed by atoms with Gasteiger partial charge in [0.05, 0.1) is 17.3 Å². The Morgan fingerprint density at radius 3 is 2.89 bits per heavy atom. The minimum absolute atomic E-state index is 0.197. The maximum Gasteiger partial charge on any atom is 0.257 e. The number of para-hydroxylation sites is 1. The number of nitrogens with one attached hydrogen (secondary N) is 2. The number of fused-ring (bicyclic) bond motifs is 1. The van der Waals surface area contributed by atoms with Crippen molar-refractivity contribution in [2.24, 2.45) is 0 Å². The molecule has 0 saturated carbocycles. The van der Waals surface area contributed by atoms with Crippen LogP contribution in [0.5, 0.6) is 0 Å². The molecule has 0 saturated heterocycles. The monoisotopic (exact) mass is 271 g/mol. The first-order valence-electron chi connectivity index (χ1n) is 5.73. The number of H-pyrrole nitrogens is 1. The largest absolute Gasteiger partial charge is 0.322 e. The van der Waals surface area contributed by atoms with Crippen molar-refractivity contribution in [2.45, 2.75) is 0 Å². The molecule has 0 bridgehead atoms. The fourth-order valence-corrected chi connectivity index (χ4v) is 2.11. The SMILES string of the molecule is O=C(Nc1cccc(Cl)c1)c1cccc2cn[nH]c12. The standard InChI is InChI=1S/C14H10ClN3O/c15-10-4-2-5-11(7-10)17-14(19)12-6-1-3-9-8-16-18-13(9)12/h1-8H,(H,16,18)(H,17,19). The summed E-state index contributed by atoms with van der Waals surface area (Å²) in [6.07, 6.45) is 1.69. The molecular formula is C14H10ClN3O. The molecule has 2 aromatic carbocycles. The molecule has 1 aromatic heterocycles. The summed E-state index contributed by atoms with van der Waals surface area (Å²) in [4.78, 5) is 12.2. The second-order valence-electron chi connectivity index (χ2n) is 4.10. The van der Waals surface area contributed by atoms with Crippen LogP contribution in [0.2, 0.25) is 5.02 Å². The summed E-state index contributed by atoms with van der Waals surface area (Å²) in [6, 6.07) is 12.5. The minimum atomic E-state index is -0.197. The van der Waals surface area contributed by atoms with E-state index in [9.17, 15) is 4.79 Å². The van der Waals surface area contributed by atoms with Crippen LogP contribution in [0.25, 0.3) is 10.9 Å². The summed E-state index contributed by atoms with van der Waals surface area (Å²) >= 11 is 5.88. The molecule has 0 atom stereocenters. The fraction of sp³-hybridized carbons (Fsp3) is 0. The lowest BCUT2D eigenvalue weighted by Crippen LogP contribution is -2.12. The van der Waals surface area contributed by atoms with E-state index in [4.69, 9.17) is 11.6 Å². The molecule has 0 aliphatic carbocycles. The van der Waals surface area contributed by atoms with Gasteiger partial charge in [-0.25, -0.2) is 0 Å². The molecule has 0 spiro atoms. The van der Waals surface area contributed by atoms with Gasteiger partial charge in [0.2, 0.25) is 0 Å². The molecule has 2 N–H and O–H groups in total. The van der Waals surface area contributed by atoms with Crippen LogP contribution in [-0.2, 0) is 0 Å². The van der Waals surface area contributed by atoms with Crippen molar-refractivity contribution in [2.75, 3.05) is 5.32 Å². The Bertz CT molecular complexity index is 751. The van der Waals surface area contributed by atoms with E-state index in [1.54, 1.807) is 36.5 Å². The maximum atomic E-state index is 12.2. The van der Waals surface area contributed by atoms with Crippen molar-refractivity contribution >= 4 is 34.1 Å². The minimum Gasteiger partial charge on any atom is -0.322 e. The van der Waals surface area contributed by atoms with Crippen LogP contribution < -0.4 is 5.32 Å². The summed E-state index contributed by atoms with van der Waals surface area (Å²) in [7, 11) is 0. The molecular weight excluding hydrogens is 262 g/mol. The number of aromatic amines is 1. The van der Waals surface area contributed by atoms with Crippen LogP contribution in [0.4, 0.5) is 5.69 Å². The quantitative estimate of drug-likeness (QED) is 0.750. The number of rotatable bonds is 2. The lowest BCUT2D eigenvalue weighted by Gasteiger charge is -2.06. The first kappa shape index (κ1) is 11.7. The Balaban J connectivity index is 1.94. The van der Waals surface area contributed by atoms with Crippen molar-refractivity contribution in [3.8, 4) is 0 Å². The Morgan fingerprint density at radius 2 is 2.05 bits per heavy atom. The number of hydrogen-bond donors (Lipinski definition) is 2. The predicted octanol–water partition coefficient (Wildman–Crippen LogP) is 3.47. The highest BCUT2D eigenvalue weighted by Crippen LogP contribution is 2.19. The third-order valence-corrected chi connectivity index (χ3v) is 3.04. The number of amides is 1. The highest BCUT2D eigenvalue weighted by Gasteiger charge is 2.11. The molecule has 0 radical (unpaired) electrons. The van der Waals surface area contributed by atoms with Crippen LogP contribution in [0.1, 0.15) is 10.4 Å². The third kappa shape index (κ3) is 2.30. The first-order chi connectivity index (χ1) is 9.24. The predicted molar refractivity (Wildman–Crippen MR) is 75.5 cm³/mol. The number of benzene rings is 2. The van der Waals surface area contributed by atoms with Gasteiger partial charge in [-0.2, -0.15) is 5.10 Å². The van der Waals surface area contributed by atoms with Crippen LogP contribution in [0.15, 0.2) is 48.7 Å². The second-order valence-corrected chi connectivity index (χ2v) is 4.54. The molecule has 1 amide bonds. The zero-order valence-electron chi connectivity index (χ0n) is 9.85. The van der Waals surface area contributed by atoms with Gasteiger partial charge < -0.3 is 5.32 Å². The number of halogens is 1. The zero-order valence-corrected chi connectivity index (χ0v) is 10.6. The van der Waals surface area contributed by atoms with E-state index < -0.39 is 0 Å². The fourth-order valence-electron chi connectivity index (χ4n) is 1.92. The average molecular weight is 272 g/mol. The van der Waals surface area contributed by atoms with Crippen LogP contribution in [-0.4, -0.2) is 16.1 Å². The van der Waals surface area contributed by atoms with Gasteiger partial charge in [0.25, 0.3) is 5.91 Å². The van der Waals surface area contributed by atoms with E-state index in [0.29, 0.717) is 16.3 Å². The van der Waals surface area contributed by atoms with E-state index in [1.807, 2.05) is 12.1 Å². The molecule has 4 nitrogen and oxygen atoms in total. The number of carbonyl (C=O) groups is 1. The second kappa shape index (κ2) is 4.74. The summed E-state index contributed by atoms with van der Waals surface area (Å²) in [5, 5.41) is 11.1. The summed E-state index contributed by atoms with van der Waals surface area (Å²) in [5.74, 6) is -0.197. The van der Waals surface area contributed by atoms with Crippen LogP contribution in [0.3, 0.4) is 0 Å². The van der Waals surface area contributed by atoms with Gasteiger partial charge in [-0.1, -0.05) is 29.8 Å². The highest BCUT2D eigenvalue weighted by atomic mass is 35.5. The lowest BCUT2D eigenvalue weighted by atomic mass is 10.1. The number of carbonyl (C=O) groups excluding carboxylic acids is 1. The van der Waals surface area contributed by atoms with Crippen molar-refractivity contribution in [3.05, 3.63) is 59.2 Å². The van der Waals surface area contributed by atoms with Gasteiger partial charge in [-0.05, 0) is 24.3 Å². The molecule has 5 heteroatoms. The third-order valence-electron chi connectivity index (χ3n) is 2.80. The average Bonchev–Trinajstić information content (AvgIpc) is 2.86. The number of nitrogens with zero attached hydrogens (tertiary/aromatic N) is 1. The normalized spacial score (nSPS) is 10.6. The van der Waals surface area contributed by atoms with E-state index in [0.717, 1.165) is 10.9 Å². The Morgan fingerprint density at radius 1 is 1.21 bits per heavy atom. The van der Waals surface area contributed by atoms with Crippen molar-refractivity contribution in [1.82, 2.24) is 10.2 Å². The molecule has 1 heterocycles. The summed E-state index contributed by atoms with van der Waals surface area (Å²) in [5.41, 5.74) is 1.94. The first-order valence-corrected chi connectivity index (χ1v) is 6.11. The van der Waals surface area contributed by atoms with Crippen molar-refractivity contribution in [1.29, 1.82) is 0 Å². The van der Waals surface area contributed by atoms with Crippen LogP contribution >= 0.6 is 11.6 Å². The van der Waals surface area contributed by atoms with Gasteiger partial charge in [0.1, 0.15) is 0 Å². The molecule has 0 unspecified atom stereocenters. The molecule has 94 valence electrons. The van der Waals surface area contributed by atoms with Gasteiger partial charge in [0.15, 0.2) is 0 Å². The van der Waals surface area contributed by atoms with E-state index in [-0.39, 0.29) is 5.91 Å². The Labute approximate surface area is 114 Å². The zero-order chi connectivity index (χ0) is 13.2. The number of hydrogen-bond acceptors (Lipinski definition) is 2. The Kier molecular flexibility index (Phi) is 2.93. The van der Waals surface area contributed by atoms with E-state index in [1.165, 1.54) is 0 Å². The van der Waals surface area contributed by atoms with Gasteiger partial charge in [-0.3, -0.25) is 9.89 Å². The van der Waals surface area contributed by atoms with Gasteiger partial charge in [-0.15, -0.1) is 0 Å². The summed E-state index contributed by atoms with van der Waals surface area (Å²) < 4.78 is 0. The van der Waals surface area contributed by atoms with E-state index >= 15 is 0 Å². The molecule has 3 rings (SSSR count). The Hall–Kier alpha value is -2.33. The maximum absolute atomic E-state index is 12.2. The van der Waals surface area contributed by atoms with Crippen LogP contribution in [0, 0.1) is 0 Å². The molecule has 0 aliphatic heterocycles. The summed E-state index contributed by atoms with van der Waals surface area (Å²) in [6.45, 7) is 0. The number of aromatic nitrogens is 2. The van der Waals surface area contributed by atoms with Gasteiger partial charge >= 0.3 is 0 Å². The van der Waals surface area contributed by atoms with Gasteiger partial charge in [0, 0.05) is 16.1 Å². The molecule has 19 heavy (non-hydrogen) atoms. The molecule has 3 aromatic rings. The van der Waals surface area contributed by atoms with Crippen molar-refractivity contribution < 1.29 is 4.79 Å². The van der Waals surface area contributed by atoms with Crippen molar-refractivity contribution in [3.63, 3.8) is 0 Å². The smallest absolute Gasteiger partial charge is 0.257 e. The highest BCUT2D eigenvalue weighted by molar-refractivity contribution is 6.31. The molecule has 0 aliphatic rings.